The molecule has 1 aromatic carbocycles. The van der Waals surface area contributed by atoms with Crippen LogP contribution in [0.25, 0.3) is 0 Å². The van der Waals surface area contributed by atoms with Gasteiger partial charge in [-0.15, -0.1) is 0 Å². The molecule has 1 amide bonds. The molecule has 3 heteroatoms. The van der Waals surface area contributed by atoms with Crippen molar-refractivity contribution >= 4 is 11.6 Å². The van der Waals surface area contributed by atoms with Crippen LogP contribution >= 0.6 is 0 Å². The maximum absolute atomic E-state index is 11.9. The average Bonchev–Trinajstić information content (AvgIpc) is 2.80. The number of nitriles is 1. The fraction of sp³-hybridized carbons (Fsp3) is 0.429. The molecule has 0 aliphatic heterocycles. The summed E-state index contributed by atoms with van der Waals surface area (Å²) in [6.45, 7) is 1.53. The van der Waals surface area contributed by atoms with Gasteiger partial charge in [0.05, 0.1) is 6.07 Å². The molecule has 0 radical (unpaired) electrons. The van der Waals surface area contributed by atoms with E-state index >= 15 is 0 Å². The van der Waals surface area contributed by atoms with Gasteiger partial charge in [-0.3, -0.25) is 9.69 Å². The zero-order valence-corrected chi connectivity index (χ0v) is 10.0. The van der Waals surface area contributed by atoms with E-state index in [2.05, 4.69) is 6.07 Å². The van der Waals surface area contributed by atoms with Crippen LogP contribution < -0.4 is 4.90 Å². The lowest BCUT2D eigenvalue weighted by Crippen LogP contribution is -2.48. The minimum atomic E-state index is -0.632. The molecular weight excluding hydrogens is 212 g/mol. The minimum absolute atomic E-state index is 0.0559. The van der Waals surface area contributed by atoms with Crippen molar-refractivity contribution in [1.82, 2.24) is 0 Å². The highest BCUT2D eigenvalue weighted by molar-refractivity contribution is 5.93. The van der Waals surface area contributed by atoms with Gasteiger partial charge >= 0.3 is 0 Å². The quantitative estimate of drug-likeness (QED) is 0.781. The summed E-state index contributed by atoms with van der Waals surface area (Å²) in [5.74, 6) is -0.0559. The van der Waals surface area contributed by atoms with E-state index in [-0.39, 0.29) is 5.91 Å². The van der Waals surface area contributed by atoms with Crippen molar-refractivity contribution in [3.63, 3.8) is 0 Å². The Morgan fingerprint density at radius 2 is 1.88 bits per heavy atom. The smallest absolute Gasteiger partial charge is 0.225 e. The molecule has 2 rings (SSSR count). The van der Waals surface area contributed by atoms with Crippen LogP contribution in [0.3, 0.4) is 0 Å². The molecule has 0 bridgehead atoms. The Labute approximate surface area is 102 Å². The summed E-state index contributed by atoms with van der Waals surface area (Å²) in [6, 6.07) is 11.8. The Hall–Kier alpha value is -1.82. The standard InChI is InChI=1S/C14H16N2O/c1-12(17)16(13-7-3-2-4-8-13)14(11-15)9-5-6-10-14/h2-4,7-8H,5-6,9-10H2,1H3. The van der Waals surface area contributed by atoms with Gasteiger partial charge in [0.1, 0.15) is 5.54 Å². The Bertz CT molecular complexity index is 441. The highest BCUT2D eigenvalue weighted by Crippen LogP contribution is 2.37. The number of hydrogen-bond donors (Lipinski definition) is 0. The molecule has 1 saturated carbocycles. The van der Waals surface area contributed by atoms with E-state index in [0.29, 0.717) is 0 Å². The molecule has 1 aliphatic rings. The molecule has 1 fully saturated rings. The van der Waals surface area contributed by atoms with Crippen LogP contribution in [0.2, 0.25) is 0 Å². The van der Waals surface area contributed by atoms with E-state index in [0.717, 1.165) is 31.4 Å². The van der Waals surface area contributed by atoms with Gasteiger partial charge < -0.3 is 0 Å². The van der Waals surface area contributed by atoms with Crippen molar-refractivity contribution < 1.29 is 4.79 Å². The van der Waals surface area contributed by atoms with E-state index in [1.807, 2.05) is 30.3 Å². The normalized spacial score (nSPS) is 17.4. The van der Waals surface area contributed by atoms with Crippen LogP contribution in [-0.2, 0) is 4.79 Å². The lowest BCUT2D eigenvalue weighted by Gasteiger charge is -2.35. The van der Waals surface area contributed by atoms with Gasteiger partial charge in [-0.05, 0) is 37.8 Å². The van der Waals surface area contributed by atoms with Crippen LogP contribution in [-0.4, -0.2) is 11.4 Å². The molecule has 17 heavy (non-hydrogen) atoms. The Morgan fingerprint density at radius 1 is 1.29 bits per heavy atom. The molecule has 0 saturated heterocycles. The second-order valence-corrected chi connectivity index (χ2v) is 4.54. The maximum Gasteiger partial charge on any atom is 0.225 e. The Balaban J connectivity index is 2.43. The monoisotopic (exact) mass is 228 g/mol. The number of para-hydroxylation sites is 1. The lowest BCUT2D eigenvalue weighted by atomic mass is 9.96. The van der Waals surface area contributed by atoms with Crippen LogP contribution in [0, 0.1) is 11.3 Å². The topological polar surface area (TPSA) is 44.1 Å². The van der Waals surface area contributed by atoms with Crippen molar-refractivity contribution in [1.29, 1.82) is 5.26 Å². The summed E-state index contributed by atoms with van der Waals surface area (Å²) in [4.78, 5) is 13.5. The van der Waals surface area contributed by atoms with E-state index in [4.69, 9.17) is 0 Å². The minimum Gasteiger partial charge on any atom is -0.293 e. The number of carbonyl (C=O) groups is 1. The number of rotatable bonds is 2. The molecule has 0 unspecified atom stereocenters. The Kier molecular flexibility index (Phi) is 3.14. The summed E-state index contributed by atoms with van der Waals surface area (Å²) in [6.07, 6.45) is 3.59. The summed E-state index contributed by atoms with van der Waals surface area (Å²) >= 11 is 0. The second kappa shape index (κ2) is 4.58. The van der Waals surface area contributed by atoms with E-state index in [9.17, 15) is 10.1 Å². The molecule has 0 aromatic heterocycles. The van der Waals surface area contributed by atoms with Gasteiger partial charge in [0, 0.05) is 12.6 Å². The highest BCUT2D eigenvalue weighted by Gasteiger charge is 2.42. The first-order chi connectivity index (χ1) is 8.19. The van der Waals surface area contributed by atoms with Gasteiger partial charge in [0.15, 0.2) is 0 Å². The maximum atomic E-state index is 11.9. The summed E-state index contributed by atoms with van der Waals surface area (Å²) in [5.41, 5.74) is 0.191. The first-order valence-electron chi connectivity index (χ1n) is 5.97. The molecule has 1 aliphatic carbocycles. The van der Waals surface area contributed by atoms with Gasteiger partial charge in [0.2, 0.25) is 5.91 Å². The first-order valence-corrected chi connectivity index (χ1v) is 5.97. The van der Waals surface area contributed by atoms with Crippen LogP contribution in [0.4, 0.5) is 5.69 Å². The third-order valence-corrected chi connectivity index (χ3v) is 3.40. The summed E-state index contributed by atoms with van der Waals surface area (Å²) in [7, 11) is 0. The molecule has 3 nitrogen and oxygen atoms in total. The average molecular weight is 228 g/mol. The number of amides is 1. The predicted molar refractivity (Wildman–Crippen MR) is 66.4 cm³/mol. The lowest BCUT2D eigenvalue weighted by molar-refractivity contribution is -0.117. The van der Waals surface area contributed by atoms with Crippen molar-refractivity contribution in [3.05, 3.63) is 30.3 Å². The third kappa shape index (κ3) is 2.03. The molecule has 0 N–H and O–H groups in total. The van der Waals surface area contributed by atoms with E-state index in [1.54, 1.807) is 4.90 Å². The van der Waals surface area contributed by atoms with Crippen molar-refractivity contribution in [2.24, 2.45) is 0 Å². The zero-order valence-electron chi connectivity index (χ0n) is 10.0. The number of anilines is 1. The van der Waals surface area contributed by atoms with Gasteiger partial charge in [0.25, 0.3) is 0 Å². The van der Waals surface area contributed by atoms with Crippen LogP contribution in [0.5, 0.6) is 0 Å². The number of nitrogens with zero attached hydrogens (tertiary/aromatic N) is 2. The predicted octanol–water partition coefficient (Wildman–Crippen LogP) is 2.88. The summed E-state index contributed by atoms with van der Waals surface area (Å²) in [5, 5.41) is 9.45. The highest BCUT2D eigenvalue weighted by atomic mass is 16.2. The molecule has 0 heterocycles. The fourth-order valence-electron chi connectivity index (χ4n) is 2.65. The largest absolute Gasteiger partial charge is 0.293 e. The van der Waals surface area contributed by atoms with E-state index in [1.165, 1.54) is 6.92 Å². The van der Waals surface area contributed by atoms with Gasteiger partial charge in [-0.2, -0.15) is 5.26 Å². The number of benzene rings is 1. The van der Waals surface area contributed by atoms with Crippen molar-refractivity contribution in [3.8, 4) is 6.07 Å². The first kappa shape index (κ1) is 11.7. The molecular formula is C14H16N2O. The zero-order chi connectivity index (χ0) is 12.3. The van der Waals surface area contributed by atoms with Crippen LogP contribution in [0.15, 0.2) is 30.3 Å². The SMILES string of the molecule is CC(=O)N(c1ccccc1)C1(C#N)CCCC1. The number of carbonyl (C=O) groups excluding carboxylic acids is 1. The summed E-state index contributed by atoms with van der Waals surface area (Å²) < 4.78 is 0. The number of hydrogen-bond acceptors (Lipinski definition) is 2. The van der Waals surface area contributed by atoms with Gasteiger partial charge in [-0.25, -0.2) is 0 Å². The molecule has 0 spiro atoms. The fourth-order valence-corrected chi connectivity index (χ4v) is 2.65. The Morgan fingerprint density at radius 3 is 2.35 bits per heavy atom. The molecule has 0 atom stereocenters. The molecule has 88 valence electrons. The van der Waals surface area contributed by atoms with Crippen LogP contribution in [0.1, 0.15) is 32.6 Å². The van der Waals surface area contributed by atoms with Crippen molar-refractivity contribution in [2.75, 3.05) is 4.90 Å². The second-order valence-electron chi connectivity index (χ2n) is 4.54. The molecule has 1 aromatic rings. The third-order valence-electron chi connectivity index (χ3n) is 3.40. The van der Waals surface area contributed by atoms with Gasteiger partial charge in [-0.1, -0.05) is 18.2 Å². The van der Waals surface area contributed by atoms with Crippen molar-refractivity contribution in [2.45, 2.75) is 38.1 Å². The van der Waals surface area contributed by atoms with E-state index < -0.39 is 5.54 Å².